The Kier molecular flexibility index (Phi) is 3.09. The van der Waals surface area contributed by atoms with Crippen LogP contribution in [0.25, 0.3) is 0 Å². The van der Waals surface area contributed by atoms with Crippen LogP contribution in [0, 0.1) is 29.1 Å². The van der Waals surface area contributed by atoms with E-state index in [0.29, 0.717) is 5.41 Å². The highest BCUT2D eigenvalue weighted by molar-refractivity contribution is 4.91. The van der Waals surface area contributed by atoms with Crippen LogP contribution in [-0.4, -0.2) is 0 Å². The molecule has 4 unspecified atom stereocenters. The second-order valence-corrected chi connectivity index (χ2v) is 6.13. The molecule has 1 fully saturated rings. The Morgan fingerprint density at radius 2 is 1.69 bits per heavy atom. The smallest absolute Gasteiger partial charge is 0.0311 e. The van der Waals surface area contributed by atoms with Crippen molar-refractivity contribution in [3.63, 3.8) is 0 Å². The van der Waals surface area contributed by atoms with Crippen LogP contribution >= 0.6 is 0 Å². The van der Waals surface area contributed by atoms with Gasteiger partial charge in [0, 0.05) is 0 Å². The van der Waals surface area contributed by atoms with Crippen LogP contribution in [-0.2, 0) is 0 Å². The van der Waals surface area contributed by atoms with Crippen molar-refractivity contribution in [3.8, 4) is 0 Å². The zero-order valence-electron chi connectivity index (χ0n) is 10.2. The van der Waals surface area contributed by atoms with Crippen molar-refractivity contribution in [1.82, 2.24) is 0 Å². The summed E-state index contributed by atoms with van der Waals surface area (Å²) in [6, 6.07) is 0. The maximum atomic E-state index is 2.47. The number of rotatable bonds is 1. The highest BCUT2D eigenvalue weighted by Gasteiger charge is 2.42. The fraction of sp³-hybridized carbons (Fsp3) is 1.00. The largest absolute Gasteiger partial charge is 0.0651 e. The Labute approximate surface area is 84.1 Å². The molecule has 4 atom stereocenters. The minimum Gasteiger partial charge on any atom is -0.0651 e. The van der Waals surface area contributed by atoms with Gasteiger partial charge < -0.3 is 0 Å². The molecule has 0 aliphatic heterocycles. The second-order valence-electron chi connectivity index (χ2n) is 6.13. The van der Waals surface area contributed by atoms with Crippen molar-refractivity contribution < 1.29 is 0 Å². The van der Waals surface area contributed by atoms with Crippen LogP contribution < -0.4 is 0 Å². The summed E-state index contributed by atoms with van der Waals surface area (Å²) in [5.41, 5.74) is 0.503. The molecule has 78 valence electrons. The van der Waals surface area contributed by atoms with E-state index in [2.05, 4.69) is 41.5 Å². The molecule has 1 aliphatic rings. The maximum absolute atomic E-state index is 2.47. The lowest BCUT2D eigenvalue weighted by Gasteiger charge is -2.34. The fourth-order valence-corrected chi connectivity index (χ4v) is 3.83. The van der Waals surface area contributed by atoms with Crippen molar-refractivity contribution in [2.45, 2.75) is 54.4 Å². The zero-order valence-corrected chi connectivity index (χ0v) is 10.2. The van der Waals surface area contributed by atoms with Crippen molar-refractivity contribution in [2.24, 2.45) is 29.1 Å². The van der Waals surface area contributed by atoms with Gasteiger partial charge in [-0.2, -0.15) is 0 Å². The molecule has 0 radical (unpaired) electrons. The molecule has 1 aliphatic carbocycles. The first-order valence-corrected chi connectivity index (χ1v) is 5.88. The molecule has 0 saturated heterocycles. The predicted molar refractivity (Wildman–Crippen MR) is 59.7 cm³/mol. The van der Waals surface area contributed by atoms with E-state index in [0.717, 1.165) is 23.7 Å². The average molecular weight is 182 g/mol. The summed E-state index contributed by atoms with van der Waals surface area (Å²) in [4.78, 5) is 0. The van der Waals surface area contributed by atoms with Crippen LogP contribution in [0.15, 0.2) is 0 Å². The highest BCUT2D eigenvalue weighted by atomic mass is 14.5. The lowest BCUT2D eigenvalue weighted by atomic mass is 9.71. The van der Waals surface area contributed by atoms with E-state index in [-0.39, 0.29) is 0 Å². The third-order valence-corrected chi connectivity index (χ3v) is 4.12. The molecule has 0 spiro atoms. The summed E-state index contributed by atoms with van der Waals surface area (Å²) >= 11 is 0. The summed E-state index contributed by atoms with van der Waals surface area (Å²) in [5.74, 6) is 3.77. The van der Waals surface area contributed by atoms with E-state index in [1.54, 1.807) is 0 Å². The molecule has 13 heavy (non-hydrogen) atoms. The Morgan fingerprint density at radius 3 is 1.92 bits per heavy atom. The molecular formula is C13H26. The monoisotopic (exact) mass is 182 g/mol. The first-order valence-electron chi connectivity index (χ1n) is 5.88. The van der Waals surface area contributed by atoms with Gasteiger partial charge in [-0.15, -0.1) is 0 Å². The third-order valence-electron chi connectivity index (χ3n) is 4.12. The summed E-state index contributed by atoms with van der Waals surface area (Å²) < 4.78 is 0. The molecule has 0 nitrogen and oxygen atoms in total. The average Bonchev–Trinajstić information content (AvgIpc) is 2.24. The van der Waals surface area contributed by atoms with Crippen molar-refractivity contribution in [2.75, 3.05) is 0 Å². The first kappa shape index (κ1) is 11.1. The van der Waals surface area contributed by atoms with Gasteiger partial charge in [-0.25, -0.2) is 0 Å². The molecule has 0 aromatic carbocycles. The molecule has 0 bridgehead atoms. The lowest BCUT2D eigenvalue weighted by Crippen LogP contribution is -2.28. The van der Waals surface area contributed by atoms with Crippen LogP contribution in [0.3, 0.4) is 0 Å². The summed E-state index contributed by atoms with van der Waals surface area (Å²) in [7, 11) is 0. The Hall–Kier alpha value is 0. The van der Waals surface area contributed by atoms with Crippen LogP contribution in [0.2, 0.25) is 0 Å². The van der Waals surface area contributed by atoms with Crippen molar-refractivity contribution >= 4 is 0 Å². The Morgan fingerprint density at radius 1 is 1.15 bits per heavy atom. The van der Waals surface area contributed by atoms with E-state index < -0.39 is 0 Å². The van der Waals surface area contributed by atoms with Gasteiger partial charge in [-0.3, -0.25) is 0 Å². The van der Waals surface area contributed by atoms with E-state index >= 15 is 0 Å². The topological polar surface area (TPSA) is 0 Å². The van der Waals surface area contributed by atoms with Crippen LogP contribution in [0.1, 0.15) is 54.4 Å². The normalized spacial score (nSPS) is 41.1. The van der Waals surface area contributed by atoms with Gasteiger partial charge in [0.25, 0.3) is 0 Å². The van der Waals surface area contributed by atoms with E-state index in [9.17, 15) is 0 Å². The summed E-state index contributed by atoms with van der Waals surface area (Å²) in [6.45, 7) is 14.5. The van der Waals surface area contributed by atoms with E-state index in [1.807, 2.05) is 0 Å². The minimum absolute atomic E-state index is 0.503. The van der Waals surface area contributed by atoms with Crippen LogP contribution in [0.4, 0.5) is 0 Å². The highest BCUT2D eigenvalue weighted by Crippen LogP contribution is 2.50. The molecule has 0 amide bonds. The van der Waals surface area contributed by atoms with E-state index in [1.165, 1.54) is 12.8 Å². The van der Waals surface area contributed by atoms with E-state index in [4.69, 9.17) is 0 Å². The van der Waals surface area contributed by atoms with Crippen molar-refractivity contribution in [3.05, 3.63) is 0 Å². The molecule has 1 rings (SSSR count). The molecule has 0 aromatic heterocycles. The first-order chi connectivity index (χ1) is 5.88. The summed E-state index contributed by atoms with van der Waals surface area (Å²) in [6.07, 6.45) is 2.83. The third kappa shape index (κ3) is 2.08. The zero-order chi connectivity index (χ0) is 10.2. The van der Waals surface area contributed by atoms with Crippen molar-refractivity contribution in [1.29, 1.82) is 0 Å². The lowest BCUT2D eigenvalue weighted by molar-refractivity contribution is 0.143. The maximum Gasteiger partial charge on any atom is -0.0311 e. The fourth-order valence-electron chi connectivity index (χ4n) is 3.83. The molecule has 0 N–H and O–H groups in total. The second kappa shape index (κ2) is 3.63. The SMILES string of the molecule is CCC1CC(C)C(C(C)(C)C)C1C. The number of hydrogen-bond donors (Lipinski definition) is 0. The Bertz CT molecular complexity index is 163. The quantitative estimate of drug-likeness (QED) is 0.565. The molecule has 0 aromatic rings. The minimum atomic E-state index is 0.503. The molecule has 0 heteroatoms. The molecule has 0 heterocycles. The van der Waals surface area contributed by atoms with Crippen LogP contribution in [0.5, 0.6) is 0 Å². The molecule has 1 saturated carbocycles. The van der Waals surface area contributed by atoms with Gasteiger partial charge in [-0.05, 0) is 35.5 Å². The standard InChI is InChI=1S/C13H26/c1-7-11-8-9(2)12(10(11)3)13(4,5)6/h9-12H,7-8H2,1-6H3. The van der Waals surface area contributed by atoms with Gasteiger partial charge in [0.1, 0.15) is 0 Å². The predicted octanol–water partition coefficient (Wildman–Crippen LogP) is 4.35. The van der Waals surface area contributed by atoms with Gasteiger partial charge in [-0.1, -0.05) is 48.0 Å². The van der Waals surface area contributed by atoms with Gasteiger partial charge >= 0.3 is 0 Å². The van der Waals surface area contributed by atoms with Gasteiger partial charge in [0.2, 0.25) is 0 Å². The number of hydrogen-bond acceptors (Lipinski definition) is 0. The summed E-state index contributed by atoms with van der Waals surface area (Å²) in [5, 5.41) is 0. The van der Waals surface area contributed by atoms with Gasteiger partial charge in [0.05, 0.1) is 0 Å². The van der Waals surface area contributed by atoms with Gasteiger partial charge in [0.15, 0.2) is 0 Å². The molecular weight excluding hydrogens is 156 g/mol. The Balaban J connectivity index is 2.76.